The van der Waals surface area contributed by atoms with E-state index in [9.17, 15) is 0 Å². The van der Waals surface area contributed by atoms with Gasteiger partial charge in [0.15, 0.2) is 0 Å². The minimum Gasteiger partial charge on any atom is -0.398 e. The number of fused-ring (bicyclic) bond motifs is 1. The van der Waals surface area contributed by atoms with E-state index in [1.165, 1.54) is 0 Å². The predicted octanol–water partition coefficient (Wildman–Crippen LogP) is 2.84. The number of nitrogen functional groups attached to an aromatic ring is 1. The Bertz CT molecular complexity index is 523. The highest BCUT2D eigenvalue weighted by Crippen LogP contribution is 2.37. The zero-order valence-electron chi connectivity index (χ0n) is 7.32. The van der Waals surface area contributed by atoms with Gasteiger partial charge in [-0.3, -0.25) is 0 Å². The Balaban J connectivity index is 2.75. The van der Waals surface area contributed by atoms with Crippen molar-refractivity contribution in [1.82, 2.24) is 0 Å². The molecule has 1 aromatic carbocycles. The molecular formula is C10H8N2S2. The Labute approximate surface area is 91.4 Å². The summed E-state index contributed by atoms with van der Waals surface area (Å²) in [7, 11) is 0. The third-order valence-corrected chi connectivity index (χ3v) is 3.83. The van der Waals surface area contributed by atoms with Gasteiger partial charge < -0.3 is 5.73 Å². The molecule has 0 saturated heterocycles. The Morgan fingerprint density at radius 3 is 2.93 bits per heavy atom. The molecule has 2 aromatic rings. The lowest BCUT2D eigenvalue weighted by Gasteiger charge is -1.96. The van der Waals surface area contributed by atoms with Crippen molar-refractivity contribution in [2.45, 2.75) is 11.3 Å². The van der Waals surface area contributed by atoms with Crippen LogP contribution >= 0.6 is 24.0 Å². The summed E-state index contributed by atoms with van der Waals surface area (Å²) in [5.74, 6) is 0. The normalized spacial score (nSPS) is 10.3. The monoisotopic (exact) mass is 220 g/mol. The number of nitrogens with zero attached hydrogens (tertiary/aromatic N) is 1. The summed E-state index contributed by atoms with van der Waals surface area (Å²) >= 11 is 5.98. The third-order valence-electron chi connectivity index (χ3n) is 2.03. The van der Waals surface area contributed by atoms with E-state index in [2.05, 4.69) is 18.7 Å². The average Bonchev–Trinajstić information content (AvgIpc) is 2.46. The fraction of sp³-hybridized carbons (Fsp3) is 0.100. The van der Waals surface area contributed by atoms with Crippen LogP contribution in [-0.4, -0.2) is 0 Å². The molecule has 0 aliphatic heterocycles. The number of benzene rings is 1. The topological polar surface area (TPSA) is 49.8 Å². The maximum atomic E-state index is 8.63. The summed E-state index contributed by atoms with van der Waals surface area (Å²) in [6.07, 6.45) is 0.400. The Hall–Kier alpha value is -1.18. The first-order valence-electron chi connectivity index (χ1n) is 4.10. The number of thiophene rings is 1. The number of rotatable bonds is 1. The molecule has 0 spiro atoms. The van der Waals surface area contributed by atoms with Gasteiger partial charge in [-0.15, -0.1) is 24.0 Å². The smallest absolute Gasteiger partial charge is 0.0707 e. The number of hydrogen-bond donors (Lipinski definition) is 2. The maximum Gasteiger partial charge on any atom is 0.0707 e. The van der Waals surface area contributed by atoms with Crippen LogP contribution < -0.4 is 5.73 Å². The van der Waals surface area contributed by atoms with E-state index in [4.69, 9.17) is 11.0 Å². The van der Waals surface area contributed by atoms with Gasteiger partial charge in [0.25, 0.3) is 0 Å². The molecule has 0 radical (unpaired) electrons. The fourth-order valence-electron chi connectivity index (χ4n) is 1.40. The van der Waals surface area contributed by atoms with E-state index in [0.717, 1.165) is 25.5 Å². The standard InChI is InChI=1S/C10H8N2S2/c11-5-4-8-10(13)9-6(12)2-1-3-7(9)14-8/h1-3,13H,4,12H2. The van der Waals surface area contributed by atoms with Crippen LogP contribution in [0.2, 0.25) is 0 Å². The van der Waals surface area contributed by atoms with Crippen molar-refractivity contribution in [2.75, 3.05) is 5.73 Å². The number of hydrogen-bond acceptors (Lipinski definition) is 4. The Morgan fingerprint density at radius 1 is 1.50 bits per heavy atom. The van der Waals surface area contributed by atoms with Gasteiger partial charge in [0.05, 0.1) is 12.5 Å². The minimum atomic E-state index is 0.400. The van der Waals surface area contributed by atoms with Crippen LogP contribution in [0, 0.1) is 11.3 Å². The van der Waals surface area contributed by atoms with Crippen molar-refractivity contribution < 1.29 is 0 Å². The molecule has 0 unspecified atom stereocenters. The highest BCUT2D eigenvalue weighted by molar-refractivity contribution is 7.80. The van der Waals surface area contributed by atoms with Gasteiger partial charge >= 0.3 is 0 Å². The molecule has 1 heterocycles. The van der Waals surface area contributed by atoms with E-state index in [1.807, 2.05) is 18.2 Å². The highest BCUT2D eigenvalue weighted by atomic mass is 32.1. The van der Waals surface area contributed by atoms with Gasteiger partial charge in [-0.2, -0.15) is 5.26 Å². The molecule has 2 rings (SSSR count). The second-order valence-corrected chi connectivity index (χ2v) is 4.51. The predicted molar refractivity (Wildman–Crippen MR) is 62.8 cm³/mol. The van der Waals surface area contributed by atoms with E-state index in [0.29, 0.717) is 6.42 Å². The number of anilines is 1. The van der Waals surface area contributed by atoms with Crippen LogP contribution in [0.15, 0.2) is 23.1 Å². The molecule has 0 aliphatic carbocycles. The first kappa shape index (κ1) is 9.38. The van der Waals surface area contributed by atoms with Crippen molar-refractivity contribution >= 4 is 39.7 Å². The zero-order chi connectivity index (χ0) is 10.1. The van der Waals surface area contributed by atoms with Crippen molar-refractivity contribution in [3.63, 3.8) is 0 Å². The molecular weight excluding hydrogens is 212 g/mol. The van der Waals surface area contributed by atoms with Gasteiger partial charge in [0.2, 0.25) is 0 Å². The molecule has 0 fully saturated rings. The number of nitriles is 1. The van der Waals surface area contributed by atoms with E-state index in [1.54, 1.807) is 11.3 Å². The highest BCUT2D eigenvalue weighted by Gasteiger charge is 2.10. The molecule has 1 aromatic heterocycles. The third kappa shape index (κ3) is 1.35. The van der Waals surface area contributed by atoms with Crippen LogP contribution in [-0.2, 0) is 6.42 Å². The van der Waals surface area contributed by atoms with Crippen molar-refractivity contribution in [3.05, 3.63) is 23.1 Å². The van der Waals surface area contributed by atoms with Crippen LogP contribution in [0.25, 0.3) is 10.1 Å². The summed E-state index contributed by atoms with van der Waals surface area (Å²) in [4.78, 5) is 1.84. The zero-order valence-corrected chi connectivity index (χ0v) is 9.03. The lowest BCUT2D eigenvalue weighted by Crippen LogP contribution is -1.84. The van der Waals surface area contributed by atoms with E-state index >= 15 is 0 Å². The summed E-state index contributed by atoms with van der Waals surface area (Å²) < 4.78 is 1.10. The summed E-state index contributed by atoms with van der Waals surface area (Å²) in [6, 6.07) is 7.89. The molecule has 0 atom stereocenters. The molecule has 70 valence electrons. The van der Waals surface area contributed by atoms with Crippen LogP contribution in [0.5, 0.6) is 0 Å². The average molecular weight is 220 g/mol. The molecule has 0 bridgehead atoms. The van der Waals surface area contributed by atoms with E-state index in [-0.39, 0.29) is 0 Å². The second-order valence-electron chi connectivity index (χ2n) is 2.93. The number of thiol groups is 1. The van der Waals surface area contributed by atoms with Gasteiger partial charge in [0, 0.05) is 25.5 Å². The molecule has 14 heavy (non-hydrogen) atoms. The molecule has 2 N–H and O–H groups in total. The molecule has 0 saturated carbocycles. The molecule has 4 heteroatoms. The fourth-order valence-corrected chi connectivity index (χ4v) is 3.01. The molecule has 0 aliphatic rings. The first-order chi connectivity index (χ1) is 6.74. The lowest BCUT2D eigenvalue weighted by molar-refractivity contribution is 1.27. The second kappa shape index (κ2) is 3.52. The lowest BCUT2D eigenvalue weighted by atomic mass is 10.2. The van der Waals surface area contributed by atoms with Gasteiger partial charge in [0.1, 0.15) is 0 Å². The Kier molecular flexibility index (Phi) is 2.36. The summed E-state index contributed by atoms with van der Waals surface area (Å²) in [6.45, 7) is 0. The van der Waals surface area contributed by atoms with E-state index < -0.39 is 0 Å². The largest absolute Gasteiger partial charge is 0.398 e. The van der Waals surface area contributed by atoms with Crippen molar-refractivity contribution in [3.8, 4) is 6.07 Å². The van der Waals surface area contributed by atoms with Crippen LogP contribution in [0.3, 0.4) is 0 Å². The molecule has 2 nitrogen and oxygen atoms in total. The summed E-state index contributed by atoms with van der Waals surface area (Å²) in [5.41, 5.74) is 6.57. The number of nitrogens with two attached hydrogens (primary N) is 1. The van der Waals surface area contributed by atoms with Crippen molar-refractivity contribution in [2.24, 2.45) is 0 Å². The maximum absolute atomic E-state index is 8.63. The quantitative estimate of drug-likeness (QED) is 0.573. The minimum absolute atomic E-state index is 0.400. The van der Waals surface area contributed by atoms with Crippen LogP contribution in [0.1, 0.15) is 4.88 Å². The van der Waals surface area contributed by atoms with Gasteiger partial charge in [-0.05, 0) is 12.1 Å². The first-order valence-corrected chi connectivity index (χ1v) is 5.36. The van der Waals surface area contributed by atoms with Crippen molar-refractivity contribution in [1.29, 1.82) is 5.26 Å². The SMILES string of the molecule is N#CCc1sc2cccc(N)c2c1S. The summed E-state index contributed by atoms with van der Waals surface area (Å²) in [5, 5.41) is 9.61. The molecule has 0 amide bonds. The Morgan fingerprint density at radius 2 is 2.29 bits per heavy atom. The van der Waals surface area contributed by atoms with Gasteiger partial charge in [-0.25, -0.2) is 0 Å². The van der Waals surface area contributed by atoms with Gasteiger partial charge in [-0.1, -0.05) is 6.07 Å². The van der Waals surface area contributed by atoms with Crippen LogP contribution in [0.4, 0.5) is 5.69 Å².